The summed E-state index contributed by atoms with van der Waals surface area (Å²) in [5, 5.41) is 3.59. The maximum absolute atomic E-state index is 12.6. The molecule has 3 rings (SSSR count). The zero-order valence-electron chi connectivity index (χ0n) is 16.6. The minimum atomic E-state index is -0.536. The van der Waals surface area contributed by atoms with Crippen LogP contribution in [0.2, 0.25) is 0 Å². The predicted octanol–water partition coefficient (Wildman–Crippen LogP) is 4.77. The van der Waals surface area contributed by atoms with Crippen molar-refractivity contribution in [3.8, 4) is 0 Å². The van der Waals surface area contributed by atoms with Crippen LogP contribution < -0.4 is 5.32 Å². The van der Waals surface area contributed by atoms with E-state index in [1.54, 1.807) is 6.07 Å². The van der Waals surface area contributed by atoms with Crippen molar-refractivity contribution in [3.05, 3.63) is 70.9 Å². The number of benzene rings is 2. The molecule has 0 saturated heterocycles. The Balaban J connectivity index is 1.74. The average molecular weight is 376 g/mol. The van der Waals surface area contributed by atoms with Gasteiger partial charge in [-0.2, -0.15) is 0 Å². The lowest BCUT2D eigenvalue weighted by Crippen LogP contribution is -2.22. The number of carbonyl (C=O) groups is 2. The highest BCUT2D eigenvalue weighted by molar-refractivity contribution is 6.04. The maximum Gasteiger partial charge on any atom is 0.339 e. The third kappa shape index (κ3) is 4.19. The summed E-state index contributed by atoms with van der Waals surface area (Å²) in [5.41, 5.74) is 4.66. The second-order valence-corrected chi connectivity index (χ2v) is 7.15. The average Bonchev–Trinajstić information content (AvgIpc) is 2.66. The smallest absolute Gasteiger partial charge is 0.339 e. The molecule has 0 saturated carbocycles. The molecule has 0 fully saturated rings. The first-order valence-corrected chi connectivity index (χ1v) is 9.29. The summed E-state index contributed by atoms with van der Waals surface area (Å²) in [4.78, 5) is 29.4. The summed E-state index contributed by atoms with van der Waals surface area (Å²) in [6.45, 7) is 7.56. The molecule has 1 heterocycles. The van der Waals surface area contributed by atoms with Crippen LogP contribution in [-0.2, 0) is 9.53 Å². The number of para-hydroxylation sites is 2. The van der Waals surface area contributed by atoms with Crippen molar-refractivity contribution < 1.29 is 14.3 Å². The summed E-state index contributed by atoms with van der Waals surface area (Å²) in [6.07, 6.45) is 0. The van der Waals surface area contributed by atoms with Gasteiger partial charge in [0.05, 0.1) is 11.1 Å². The van der Waals surface area contributed by atoms with E-state index in [0.717, 1.165) is 28.0 Å². The van der Waals surface area contributed by atoms with Crippen LogP contribution in [0.3, 0.4) is 0 Å². The van der Waals surface area contributed by atoms with E-state index in [1.165, 1.54) is 0 Å². The fourth-order valence-electron chi connectivity index (χ4n) is 3.20. The van der Waals surface area contributed by atoms with Gasteiger partial charge in [-0.1, -0.05) is 50.2 Å². The molecule has 1 aromatic heterocycles. The molecule has 0 atom stereocenters. The number of carbonyl (C=O) groups excluding carboxylic acids is 2. The third-order valence-corrected chi connectivity index (χ3v) is 4.59. The van der Waals surface area contributed by atoms with Crippen LogP contribution in [0.15, 0.2) is 48.5 Å². The summed E-state index contributed by atoms with van der Waals surface area (Å²) >= 11 is 0. The number of rotatable bonds is 5. The molecule has 5 nitrogen and oxygen atoms in total. The molecular formula is C23H24N2O3. The molecule has 1 N–H and O–H groups in total. The first-order chi connectivity index (χ1) is 13.4. The molecule has 3 aromatic rings. The number of pyridine rings is 1. The van der Waals surface area contributed by atoms with E-state index in [-0.39, 0.29) is 18.4 Å². The molecule has 2 aromatic carbocycles. The van der Waals surface area contributed by atoms with Crippen molar-refractivity contribution in [1.82, 2.24) is 4.98 Å². The number of fused-ring (bicyclic) bond motifs is 1. The van der Waals surface area contributed by atoms with E-state index in [2.05, 4.69) is 24.1 Å². The molecule has 0 aliphatic heterocycles. The summed E-state index contributed by atoms with van der Waals surface area (Å²) in [6, 6.07) is 15.0. The Morgan fingerprint density at radius 3 is 2.57 bits per heavy atom. The summed E-state index contributed by atoms with van der Waals surface area (Å²) in [7, 11) is 0. The topological polar surface area (TPSA) is 68.3 Å². The van der Waals surface area contributed by atoms with Crippen LogP contribution in [0.4, 0.5) is 5.69 Å². The number of anilines is 1. The van der Waals surface area contributed by atoms with Crippen molar-refractivity contribution in [2.45, 2.75) is 33.6 Å². The van der Waals surface area contributed by atoms with Crippen LogP contribution in [0, 0.1) is 13.8 Å². The lowest BCUT2D eigenvalue weighted by molar-refractivity contribution is -0.119. The van der Waals surface area contributed by atoms with E-state index < -0.39 is 5.97 Å². The van der Waals surface area contributed by atoms with Crippen LogP contribution in [0.1, 0.15) is 46.9 Å². The molecule has 1 amide bonds. The quantitative estimate of drug-likeness (QED) is 0.651. The molecule has 0 radical (unpaired) electrons. The molecule has 0 aliphatic rings. The number of esters is 1. The summed E-state index contributed by atoms with van der Waals surface area (Å²) in [5.74, 6) is -0.630. The number of ether oxygens (including phenoxy) is 1. The van der Waals surface area contributed by atoms with Gasteiger partial charge in [0.15, 0.2) is 6.61 Å². The molecule has 0 spiro atoms. The Labute approximate surface area is 164 Å². The number of hydrogen-bond acceptors (Lipinski definition) is 4. The highest BCUT2D eigenvalue weighted by atomic mass is 16.5. The molecular weight excluding hydrogens is 352 g/mol. The van der Waals surface area contributed by atoms with E-state index in [0.29, 0.717) is 10.9 Å². The van der Waals surface area contributed by atoms with Crippen LogP contribution in [0.5, 0.6) is 0 Å². The van der Waals surface area contributed by atoms with Crippen molar-refractivity contribution in [2.75, 3.05) is 11.9 Å². The van der Waals surface area contributed by atoms with E-state index >= 15 is 0 Å². The van der Waals surface area contributed by atoms with Crippen molar-refractivity contribution in [3.63, 3.8) is 0 Å². The third-order valence-electron chi connectivity index (χ3n) is 4.59. The zero-order valence-corrected chi connectivity index (χ0v) is 16.6. The number of amides is 1. The lowest BCUT2D eigenvalue weighted by Gasteiger charge is -2.16. The minimum Gasteiger partial charge on any atom is -0.452 e. The Hall–Kier alpha value is -3.21. The molecule has 144 valence electrons. The predicted molar refractivity (Wildman–Crippen MR) is 111 cm³/mol. The number of aromatic nitrogens is 1. The van der Waals surface area contributed by atoms with Crippen LogP contribution in [0.25, 0.3) is 10.9 Å². The standard InChI is InChI=1S/C23H24N2O3/c1-14(2)17-10-7-8-15(3)22(17)25-21(26)13-28-23(27)19-12-16(4)24-20-11-6-5-9-18(19)20/h5-12,14H,13H2,1-4H3,(H,25,26). The van der Waals surface area contributed by atoms with Gasteiger partial charge in [0.25, 0.3) is 5.91 Å². The fraction of sp³-hybridized carbons (Fsp3) is 0.261. The summed E-state index contributed by atoms with van der Waals surface area (Å²) < 4.78 is 5.29. The van der Waals surface area contributed by atoms with Gasteiger partial charge in [0.1, 0.15) is 0 Å². The van der Waals surface area contributed by atoms with Gasteiger partial charge in [-0.25, -0.2) is 4.79 Å². The van der Waals surface area contributed by atoms with Gasteiger partial charge in [0, 0.05) is 16.8 Å². The lowest BCUT2D eigenvalue weighted by atomic mass is 9.98. The number of nitrogens with zero attached hydrogens (tertiary/aromatic N) is 1. The van der Waals surface area contributed by atoms with E-state index in [9.17, 15) is 9.59 Å². The number of nitrogens with one attached hydrogen (secondary N) is 1. The van der Waals surface area contributed by atoms with Crippen molar-refractivity contribution in [1.29, 1.82) is 0 Å². The molecule has 0 aliphatic carbocycles. The van der Waals surface area contributed by atoms with Crippen molar-refractivity contribution in [2.24, 2.45) is 0 Å². The highest BCUT2D eigenvalue weighted by Crippen LogP contribution is 2.27. The largest absolute Gasteiger partial charge is 0.452 e. The van der Waals surface area contributed by atoms with E-state index in [4.69, 9.17) is 4.74 Å². The van der Waals surface area contributed by atoms with Gasteiger partial charge in [-0.3, -0.25) is 9.78 Å². The minimum absolute atomic E-state index is 0.268. The number of hydrogen-bond donors (Lipinski definition) is 1. The first-order valence-electron chi connectivity index (χ1n) is 9.29. The maximum atomic E-state index is 12.6. The van der Waals surface area contributed by atoms with Gasteiger partial charge >= 0.3 is 5.97 Å². The second kappa shape index (κ2) is 8.21. The van der Waals surface area contributed by atoms with Gasteiger partial charge < -0.3 is 10.1 Å². The zero-order chi connectivity index (χ0) is 20.3. The monoisotopic (exact) mass is 376 g/mol. The molecule has 28 heavy (non-hydrogen) atoms. The van der Waals surface area contributed by atoms with Gasteiger partial charge in [0.2, 0.25) is 0 Å². The normalized spacial score (nSPS) is 10.9. The van der Waals surface area contributed by atoms with Crippen LogP contribution in [-0.4, -0.2) is 23.5 Å². The molecule has 5 heteroatoms. The number of aryl methyl sites for hydroxylation is 2. The van der Waals surface area contributed by atoms with Gasteiger partial charge in [-0.05, 0) is 43.0 Å². The van der Waals surface area contributed by atoms with E-state index in [1.807, 2.05) is 56.3 Å². The highest BCUT2D eigenvalue weighted by Gasteiger charge is 2.16. The molecule has 0 bridgehead atoms. The Morgan fingerprint density at radius 2 is 1.82 bits per heavy atom. The van der Waals surface area contributed by atoms with Crippen LogP contribution >= 0.6 is 0 Å². The second-order valence-electron chi connectivity index (χ2n) is 7.15. The SMILES string of the molecule is Cc1cc(C(=O)OCC(=O)Nc2c(C)cccc2C(C)C)c2ccccc2n1. The molecule has 0 unspecified atom stereocenters. The van der Waals surface area contributed by atoms with Crippen molar-refractivity contribution >= 4 is 28.5 Å². The first kappa shape index (κ1) is 19.5. The fourth-order valence-corrected chi connectivity index (χ4v) is 3.20. The Morgan fingerprint density at radius 1 is 1.07 bits per heavy atom. The Bertz CT molecular complexity index is 1040. The Kier molecular flexibility index (Phi) is 5.73. The van der Waals surface area contributed by atoms with Gasteiger partial charge in [-0.15, -0.1) is 0 Å².